The Bertz CT molecular complexity index is 996. The SMILES string of the molecule is CCOc1ccc(CN(C)C(=O)c2c(C)nn(Cc3ccccc3Cl)c2C)cc1. The molecule has 29 heavy (non-hydrogen) atoms. The number of hydrogen-bond acceptors (Lipinski definition) is 3. The molecular weight excluding hydrogens is 386 g/mol. The van der Waals surface area contributed by atoms with Crippen LogP contribution < -0.4 is 4.74 Å². The number of hydrogen-bond donors (Lipinski definition) is 0. The summed E-state index contributed by atoms with van der Waals surface area (Å²) in [5.41, 5.74) is 4.22. The second-order valence-electron chi connectivity index (χ2n) is 7.03. The van der Waals surface area contributed by atoms with Gasteiger partial charge in [0, 0.05) is 24.3 Å². The van der Waals surface area contributed by atoms with E-state index in [0.29, 0.717) is 30.3 Å². The van der Waals surface area contributed by atoms with E-state index < -0.39 is 0 Å². The smallest absolute Gasteiger partial charge is 0.257 e. The van der Waals surface area contributed by atoms with Crippen LogP contribution in [0.15, 0.2) is 48.5 Å². The van der Waals surface area contributed by atoms with Gasteiger partial charge in [0.15, 0.2) is 0 Å². The quantitative estimate of drug-likeness (QED) is 0.557. The summed E-state index contributed by atoms with van der Waals surface area (Å²) in [5.74, 6) is 0.789. The summed E-state index contributed by atoms with van der Waals surface area (Å²) in [6, 6.07) is 15.5. The van der Waals surface area contributed by atoms with Gasteiger partial charge >= 0.3 is 0 Å². The topological polar surface area (TPSA) is 47.4 Å². The number of aryl methyl sites for hydroxylation is 1. The summed E-state index contributed by atoms with van der Waals surface area (Å²) < 4.78 is 7.31. The Hall–Kier alpha value is -2.79. The standard InChI is InChI=1S/C23H26ClN3O2/c1-5-29-20-12-10-18(11-13-20)14-26(4)23(28)22-16(2)25-27(17(22)3)15-19-8-6-7-9-21(19)24/h6-13H,5,14-15H2,1-4H3. The van der Waals surface area contributed by atoms with Crippen LogP contribution in [-0.2, 0) is 13.1 Å². The van der Waals surface area contributed by atoms with Crippen molar-refractivity contribution in [2.45, 2.75) is 33.9 Å². The van der Waals surface area contributed by atoms with E-state index in [0.717, 1.165) is 28.3 Å². The first kappa shape index (κ1) is 20.9. The Labute approximate surface area is 176 Å². The molecule has 0 unspecified atom stereocenters. The first-order valence-electron chi connectivity index (χ1n) is 9.65. The average molecular weight is 412 g/mol. The normalized spacial score (nSPS) is 10.8. The van der Waals surface area contributed by atoms with E-state index in [4.69, 9.17) is 16.3 Å². The van der Waals surface area contributed by atoms with Crippen molar-refractivity contribution in [2.75, 3.05) is 13.7 Å². The number of amides is 1. The van der Waals surface area contributed by atoms with E-state index in [1.54, 1.807) is 4.90 Å². The molecule has 3 rings (SSSR count). The third kappa shape index (κ3) is 4.80. The van der Waals surface area contributed by atoms with E-state index >= 15 is 0 Å². The molecule has 0 aliphatic heterocycles. The number of halogens is 1. The van der Waals surface area contributed by atoms with Crippen LogP contribution in [0, 0.1) is 13.8 Å². The largest absolute Gasteiger partial charge is 0.494 e. The maximum Gasteiger partial charge on any atom is 0.257 e. The number of rotatable bonds is 7. The molecule has 0 N–H and O–H groups in total. The van der Waals surface area contributed by atoms with Crippen molar-refractivity contribution in [3.8, 4) is 5.75 Å². The van der Waals surface area contributed by atoms with Crippen LogP contribution in [0.5, 0.6) is 5.75 Å². The molecule has 0 saturated heterocycles. The van der Waals surface area contributed by atoms with Gasteiger partial charge < -0.3 is 9.64 Å². The molecule has 1 heterocycles. The van der Waals surface area contributed by atoms with E-state index in [-0.39, 0.29) is 5.91 Å². The van der Waals surface area contributed by atoms with Gasteiger partial charge in [-0.2, -0.15) is 5.10 Å². The molecule has 0 bridgehead atoms. The molecule has 6 heteroatoms. The maximum atomic E-state index is 13.1. The molecule has 5 nitrogen and oxygen atoms in total. The van der Waals surface area contributed by atoms with Gasteiger partial charge in [-0.05, 0) is 50.1 Å². The molecular formula is C23H26ClN3O2. The van der Waals surface area contributed by atoms with Crippen LogP contribution >= 0.6 is 11.6 Å². The average Bonchev–Trinajstić information content (AvgIpc) is 2.98. The van der Waals surface area contributed by atoms with Crippen molar-refractivity contribution in [1.82, 2.24) is 14.7 Å². The Balaban J connectivity index is 1.76. The van der Waals surface area contributed by atoms with Gasteiger partial charge in [-0.3, -0.25) is 9.48 Å². The molecule has 0 aliphatic carbocycles. The number of benzene rings is 2. The molecule has 0 aliphatic rings. The lowest BCUT2D eigenvalue weighted by atomic mass is 10.1. The zero-order valence-electron chi connectivity index (χ0n) is 17.3. The van der Waals surface area contributed by atoms with Crippen molar-refractivity contribution >= 4 is 17.5 Å². The van der Waals surface area contributed by atoms with Gasteiger partial charge in [0.2, 0.25) is 0 Å². The third-order valence-electron chi connectivity index (χ3n) is 4.87. The molecule has 2 aromatic carbocycles. The summed E-state index contributed by atoms with van der Waals surface area (Å²) in [5, 5.41) is 5.28. The maximum absolute atomic E-state index is 13.1. The predicted octanol–water partition coefficient (Wildman–Crippen LogP) is 4.87. The van der Waals surface area contributed by atoms with Gasteiger partial charge in [0.1, 0.15) is 5.75 Å². The lowest BCUT2D eigenvalue weighted by molar-refractivity contribution is 0.0783. The molecule has 0 saturated carbocycles. The van der Waals surface area contributed by atoms with Crippen LogP contribution in [0.2, 0.25) is 5.02 Å². The minimum Gasteiger partial charge on any atom is -0.494 e. The fourth-order valence-corrected chi connectivity index (χ4v) is 3.54. The predicted molar refractivity (Wildman–Crippen MR) is 116 cm³/mol. The van der Waals surface area contributed by atoms with Crippen molar-refractivity contribution in [2.24, 2.45) is 0 Å². The second kappa shape index (κ2) is 9.14. The minimum absolute atomic E-state index is 0.0423. The molecule has 0 fully saturated rings. The zero-order chi connectivity index (χ0) is 21.0. The number of ether oxygens (including phenoxy) is 1. The number of carbonyl (C=O) groups is 1. The molecule has 3 aromatic rings. The van der Waals surface area contributed by atoms with Crippen LogP contribution in [-0.4, -0.2) is 34.2 Å². The number of aromatic nitrogens is 2. The Morgan fingerprint density at radius 3 is 2.48 bits per heavy atom. The van der Waals surface area contributed by atoms with Gasteiger partial charge in [-0.25, -0.2) is 0 Å². The lowest BCUT2D eigenvalue weighted by Gasteiger charge is -2.18. The minimum atomic E-state index is -0.0423. The second-order valence-corrected chi connectivity index (χ2v) is 7.44. The summed E-state index contributed by atoms with van der Waals surface area (Å²) in [4.78, 5) is 14.8. The Kier molecular flexibility index (Phi) is 6.60. The highest BCUT2D eigenvalue weighted by Gasteiger charge is 2.22. The Morgan fingerprint density at radius 1 is 1.14 bits per heavy atom. The van der Waals surface area contributed by atoms with Crippen LogP contribution in [0.3, 0.4) is 0 Å². The number of carbonyl (C=O) groups excluding carboxylic acids is 1. The molecule has 0 spiro atoms. The first-order valence-corrected chi connectivity index (χ1v) is 10.0. The highest BCUT2D eigenvalue weighted by atomic mass is 35.5. The van der Waals surface area contributed by atoms with Gasteiger partial charge in [-0.15, -0.1) is 0 Å². The Morgan fingerprint density at radius 2 is 1.83 bits per heavy atom. The molecule has 0 atom stereocenters. The summed E-state index contributed by atoms with van der Waals surface area (Å²) in [6.45, 7) is 7.43. The summed E-state index contributed by atoms with van der Waals surface area (Å²) >= 11 is 6.28. The third-order valence-corrected chi connectivity index (χ3v) is 5.24. The van der Waals surface area contributed by atoms with Crippen molar-refractivity contribution in [3.05, 3.63) is 81.6 Å². The fourth-order valence-electron chi connectivity index (χ4n) is 3.34. The molecule has 1 aromatic heterocycles. The van der Waals surface area contributed by atoms with Gasteiger partial charge in [0.25, 0.3) is 5.91 Å². The lowest BCUT2D eigenvalue weighted by Crippen LogP contribution is -2.27. The van der Waals surface area contributed by atoms with Crippen molar-refractivity contribution in [1.29, 1.82) is 0 Å². The molecule has 1 amide bonds. The van der Waals surface area contributed by atoms with E-state index in [1.165, 1.54) is 0 Å². The highest BCUT2D eigenvalue weighted by molar-refractivity contribution is 6.31. The van der Waals surface area contributed by atoms with Crippen LogP contribution in [0.1, 0.15) is 39.8 Å². The monoisotopic (exact) mass is 411 g/mol. The first-order chi connectivity index (χ1) is 13.9. The van der Waals surface area contributed by atoms with E-state index in [2.05, 4.69) is 5.10 Å². The highest BCUT2D eigenvalue weighted by Crippen LogP contribution is 2.21. The van der Waals surface area contributed by atoms with E-state index in [9.17, 15) is 4.79 Å². The number of nitrogens with zero attached hydrogens (tertiary/aromatic N) is 3. The van der Waals surface area contributed by atoms with Crippen LogP contribution in [0.4, 0.5) is 0 Å². The molecule has 152 valence electrons. The van der Waals surface area contributed by atoms with E-state index in [1.807, 2.05) is 81.0 Å². The summed E-state index contributed by atoms with van der Waals surface area (Å²) in [7, 11) is 1.81. The van der Waals surface area contributed by atoms with Crippen LogP contribution in [0.25, 0.3) is 0 Å². The summed E-state index contributed by atoms with van der Waals surface area (Å²) in [6.07, 6.45) is 0. The van der Waals surface area contributed by atoms with Crippen molar-refractivity contribution in [3.63, 3.8) is 0 Å². The fraction of sp³-hybridized carbons (Fsp3) is 0.304. The molecule has 0 radical (unpaired) electrons. The van der Waals surface area contributed by atoms with Crippen molar-refractivity contribution < 1.29 is 9.53 Å². The zero-order valence-corrected chi connectivity index (χ0v) is 18.0. The van der Waals surface area contributed by atoms with Gasteiger partial charge in [-0.1, -0.05) is 41.9 Å². The van der Waals surface area contributed by atoms with Gasteiger partial charge in [0.05, 0.1) is 24.4 Å².